The lowest BCUT2D eigenvalue weighted by Crippen LogP contribution is -2.53. The molecule has 120 valence electrons. The van der Waals surface area contributed by atoms with Crippen LogP contribution in [0.5, 0.6) is 0 Å². The molecule has 0 aliphatic carbocycles. The van der Waals surface area contributed by atoms with Crippen LogP contribution in [-0.4, -0.2) is 16.0 Å². The number of benzene rings is 2. The van der Waals surface area contributed by atoms with Crippen LogP contribution < -0.4 is 0 Å². The first-order chi connectivity index (χ1) is 10.7. The molecule has 2 aromatic carbocycles. The molecule has 0 fully saturated rings. The summed E-state index contributed by atoms with van der Waals surface area (Å²) in [6, 6.07) is 20.5. The molecular weight excluding hydrogens is 282 g/mol. The van der Waals surface area contributed by atoms with Crippen molar-refractivity contribution >= 4 is 5.71 Å². The summed E-state index contributed by atoms with van der Waals surface area (Å²) < 4.78 is 1.25. The van der Waals surface area contributed by atoms with Crippen LogP contribution in [0, 0.1) is 10.6 Å². The normalized spacial score (nSPS) is 25.6. The van der Waals surface area contributed by atoms with Gasteiger partial charge in [-0.25, -0.2) is 4.74 Å². The minimum Gasteiger partial charge on any atom is -0.623 e. The molecule has 2 heteroatoms. The van der Waals surface area contributed by atoms with Gasteiger partial charge in [0.15, 0.2) is 5.54 Å². The molecule has 0 unspecified atom stereocenters. The second-order valence-electron chi connectivity index (χ2n) is 7.68. The van der Waals surface area contributed by atoms with Crippen LogP contribution in [0.4, 0.5) is 0 Å². The highest BCUT2D eigenvalue weighted by Gasteiger charge is 2.67. The lowest BCUT2D eigenvalue weighted by molar-refractivity contribution is -0.541. The predicted octanol–water partition coefficient (Wildman–Crippen LogP) is 4.76. The first-order valence-electron chi connectivity index (χ1n) is 8.20. The zero-order valence-electron chi connectivity index (χ0n) is 14.6. The van der Waals surface area contributed by atoms with Crippen molar-refractivity contribution in [1.82, 2.24) is 0 Å². The molecule has 3 rings (SSSR count). The highest BCUT2D eigenvalue weighted by Crippen LogP contribution is 2.56. The molecule has 23 heavy (non-hydrogen) atoms. The van der Waals surface area contributed by atoms with E-state index in [9.17, 15) is 5.21 Å². The largest absolute Gasteiger partial charge is 0.623 e. The van der Waals surface area contributed by atoms with E-state index in [4.69, 9.17) is 0 Å². The smallest absolute Gasteiger partial charge is 0.201 e. The van der Waals surface area contributed by atoms with Gasteiger partial charge in [0.05, 0.1) is 10.8 Å². The molecule has 0 saturated carbocycles. The Labute approximate surface area is 139 Å². The van der Waals surface area contributed by atoms with Crippen molar-refractivity contribution in [3.63, 3.8) is 0 Å². The van der Waals surface area contributed by atoms with Gasteiger partial charge in [0, 0.05) is 19.4 Å². The van der Waals surface area contributed by atoms with Gasteiger partial charge in [0.25, 0.3) is 0 Å². The highest BCUT2D eigenvalue weighted by atomic mass is 16.5. The number of nitrogens with zero attached hydrogens (tertiary/aromatic N) is 1. The Morgan fingerprint density at radius 1 is 0.739 bits per heavy atom. The Balaban J connectivity index is 2.28. The highest BCUT2D eigenvalue weighted by molar-refractivity contribution is 6.03. The van der Waals surface area contributed by atoms with Crippen LogP contribution in [0.15, 0.2) is 60.7 Å². The van der Waals surface area contributed by atoms with E-state index in [-0.39, 0.29) is 10.8 Å². The molecular formula is C21H25NO. The van der Waals surface area contributed by atoms with Crippen molar-refractivity contribution < 1.29 is 4.74 Å². The van der Waals surface area contributed by atoms with Crippen LogP contribution in [0.1, 0.15) is 45.7 Å². The van der Waals surface area contributed by atoms with E-state index in [0.29, 0.717) is 0 Å². The molecule has 0 amide bonds. The third-order valence-electron chi connectivity index (χ3n) is 6.17. The van der Waals surface area contributed by atoms with E-state index in [0.717, 1.165) is 11.3 Å². The zero-order chi connectivity index (χ0) is 16.9. The molecule has 0 aromatic heterocycles. The first kappa shape index (κ1) is 15.8. The summed E-state index contributed by atoms with van der Waals surface area (Å²) in [4.78, 5) is 0. The van der Waals surface area contributed by atoms with Crippen molar-refractivity contribution in [2.45, 2.75) is 45.6 Å². The fourth-order valence-electron chi connectivity index (χ4n) is 4.30. The van der Waals surface area contributed by atoms with Crippen LogP contribution in [-0.2, 0) is 5.41 Å². The van der Waals surface area contributed by atoms with Crippen molar-refractivity contribution in [3.05, 3.63) is 77.0 Å². The van der Waals surface area contributed by atoms with Crippen LogP contribution in [0.25, 0.3) is 0 Å². The molecule has 0 saturated heterocycles. The van der Waals surface area contributed by atoms with Gasteiger partial charge in [0.2, 0.25) is 5.71 Å². The minimum atomic E-state index is -0.539. The fraction of sp³-hybridized carbons (Fsp3) is 0.381. The molecule has 1 heterocycles. The summed E-state index contributed by atoms with van der Waals surface area (Å²) in [5.41, 5.74) is 1.97. The lowest BCUT2D eigenvalue weighted by atomic mass is 9.55. The standard InChI is InChI=1S/C21H25NO/c1-19(2)18(16-12-8-6-9-13-16)22(23)20(3,4)21(19,5)17-14-10-7-11-15-17/h6-15H,1-5H3/t21-/m1/s1. The third kappa shape index (κ3) is 1.90. The second kappa shape index (κ2) is 4.95. The summed E-state index contributed by atoms with van der Waals surface area (Å²) in [5, 5.41) is 13.3. The Morgan fingerprint density at radius 3 is 1.74 bits per heavy atom. The Kier molecular flexibility index (Phi) is 3.40. The first-order valence-corrected chi connectivity index (χ1v) is 8.20. The summed E-state index contributed by atoms with van der Waals surface area (Å²) in [5.74, 6) is 0. The molecule has 1 aliphatic heterocycles. The summed E-state index contributed by atoms with van der Waals surface area (Å²) in [6.45, 7) is 10.7. The SMILES string of the molecule is CC1(C)C(c2ccccc2)=[N+]([O-])C(C)(C)[C@]1(C)c1ccccc1. The van der Waals surface area contributed by atoms with E-state index in [1.165, 1.54) is 10.3 Å². The fourth-order valence-corrected chi connectivity index (χ4v) is 4.30. The van der Waals surface area contributed by atoms with E-state index >= 15 is 0 Å². The third-order valence-corrected chi connectivity index (χ3v) is 6.17. The summed E-state index contributed by atoms with van der Waals surface area (Å²) >= 11 is 0. The summed E-state index contributed by atoms with van der Waals surface area (Å²) in [6.07, 6.45) is 0. The molecule has 0 bridgehead atoms. The Morgan fingerprint density at radius 2 is 1.22 bits per heavy atom. The maximum Gasteiger partial charge on any atom is 0.201 e. The van der Waals surface area contributed by atoms with Gasteiger partial charge >= 0.3 is 0 Å². The number of hydrogen-bond donors (Lipinski definition) is 0. The van der Waals surface area contributed by atoms with E-state index in [2.05, 4.69) is 58.9 Å². The maximum absolute atomic E-state index is 13.3. The zero-order valence-corrected chi connectivity index (χ0v) is 14.6. The topological polar surface area (TPSA) is 26.1 Å². The van der Waals surface area contributed by atoms with Gasteiger partial charge in [-0.2, -0.15) is 0 Å². The molecule has 0 radical (unpaired) electrons. The average molecular weight is 307 g/mol. The van der Waals surface area contributed by atoms with Crippen molar-refractivity contribution in [2.75, 3.05) is 0 Å². The van der Waals surface area contributed by atoms with Gasteiger partial charge in [0.1, 0.15) is 0 Å². The van der Waals surface area contributed by atoms with E-state index < -0.39 is 5.54 Å². The van der Waals surface area contributed by atoms with Gasteiger partial charge in [-0.05, 0) is 38.5 Å². The minimum absolute atomic E-state index is 0.291. The summed E-state index contributed by atoms with van der Waals surface area (Å²) in [7, 11) is 0. The molecule has 2 aromatic rings. The Hall–Kier alpha value is -2.09. The van der Waals surface area contributed by atoms with Crippen LogP contribution >= 0.6 is 0 Å². The van der Waals surface area contributed by atoms with Gasteiger partial charge < -0.3 is 5.21 Å². The quantitative estimate of drug-likeness (QED) is 0.580. The molecule has 0 N–H and O–H groups in total. The second-order valence-corrected chi connectivity index (χ2v) is 7.68. The monoisotopic (exact) mass is 307 g/mol. The van der Waals surface area contributed by atoms with E-state index in [1.54, 1.807) is 0 Å². The number of hydrogen-bond acceptors (Lipinski definition) is 1. The van der Waals surface area contributed by atoms with Crippen LogP contribution in [0.3, 0.4) is 0 Å². The average Bonchev–Trinajstić information content (AvgIpc) is 2.65. The van der Waals surface area contributed by atoms with Gasteiger partial charge in [-0.1, -0.05) is 48.5 Å². The maximum atomic E-state index is 13.3. The number of hydroxylamine groups is 1. The van der Waals surface area contributed by atoms with Gasteiger partial charge in [-0.3, -0.25) is 0 Å². The van der Waals surface area contributed by atoms with Crippen molar-refractivity contribution in [3.8, 4) is 0 Å². The molecule has 1 atom stereocenters. The molecule has 1 aliphatic rings. The predicted molar refractivity (Wildman–Crippen MR) is 95.8 cm³/mol. The van der Waals surface area contributed by atoms with Crippen molar-refractivity contribution in [1.29, 1.82) is 0 Å². The van der Waals surface area contributed by atoms with Crippen LogP contribution in [0.2, 0.25) is 0 Å². The van der Waals surface area contributed by atoms with Gasteiger partial charge in [-0.15, -0.1) is 0 Å². The van der Waals surface area contributed by atoms with E-state index in [1.807, 2.05) is 36.4 Å². The lowest BCUT2D eigenvalue weighted by Gasteiger charge is -2.43. The molecule has 2 nitrogen and oxygen atoms in total. The Bertz CT molecular complexity index is 744. The molecule has 0 spiro atoms. The van der Waals surface area contributed by atoms with Crippen molar-refractivity contribution in [2.24, 2.45) is 5.41 Å². The number of rotatable bonds is 2.